The number of likely N-dealkylation sites (N-methyl/N-ethyl adjacent to an activating group) is 1. The van der Waals surface area contributed by atoms with Gasteiger partial charge in [-0.05, 0) is 38.6 Å². The van der Waals surface area contributed by atoms with Crippen molar-refractivity contribution in [3.63, 3.8) is 0 Å². The van der Waals surface area contributed by atoms with Gasteiger partial charge in [0, 0.05) is 30.4 Å². The molecule has 1 aliphatic heterocycles. The molecule has 1 aliphatic rings. The fourth-order valence-corrected chi connectivity index (χ4v) is 3.08. The lowest BCUT2D eigenvalue weighted by molar-refractivity contribution is 0.248. The second-order valence-electron chi connectivity index (χ2n) is 5.59. The van der Waals surface area contributed by atoms with Crippen LogP contribution in [0.4, 0.5) is 0 Å². The Morgan fingerprint density at radius 1 is 1.19 bits per heavy atom. The Hall–Kier alpha value is -1.94. The van der Waals surface area contributed by atoms with Crippen LogP contribution in [-0.2, 0) is 0 Å². The van der Waals surface area contributed by atoms with Crippen molar-refractivity contribution in [3.8, 4) is 17.0 Å². The van der Waals surface area contributed by atoms with Gasteiger partial charge in [-0.15, -0.1) is 0 Å². The molecule has 2 heterocycles. The van der Waals surface area contributed by atoms with Gasteiger partial charge in [-0.3, -0.25) is 9.97 Å². The van der Waals surface area contributed by atoms with Crippen LogP contribution in [-0.4, -0.2) is 42.1 Å². The number of hydrogen-bond acceptors (Lipinski definition) is 4. The van der Waals surface area contributed by atoms with E-state index in [-0.39, 0.29) is 0 Å². The van der Waals surface area contributed by atoms with E-state index >= 15 is 0 Å². The first-order valence-electron chi connectivity index (χ1n) is 7.42. The predicted octanol–water partition coefficient (Wildman–Crippen LogP) is 2.96. The molecule has 21 heavy (non-hydrogen) atoms. The molecule has 3 rings (SSSR count). The van der Waals surface area contributed by atoms with E-state index < -0.39 is 0 Å². The van der Waals surface area contributed by atoms with Crippen LogP contribution < -0.4 is 4.74 Å². The minimum Gasteiger partial charge on any atom is -0.496 e. The second-order valence-corrected chi connectivity index (χ2v) is 5.59. The van der Waals surface area contributed by atoms with Crippen LogP contribution in [0, 0.1) is 0 Å². The SMILES string of the molecule is COc1ccccc1-c1nccnc1C1CCCN(C)C1. The average Bonchev–Trinajstić information content (AvgIpc) is 2.55. The third kappa shape index (κ3) is 2.90. The first-order chi connectivity index (χ1) is 10.3. The summed E-state index contributed by atoms with van der Waals surface area (Å²) in [4.78, 5) is 11.6. The van der Waals surface area contributed by atoms with Gasteiger partial charge in [0.1, 0.15) is 5.75 Å². The molecule has 1 fully saturated rings. The van der Waals surface area contributed by atoms with Crippen LogP contribution in [0.3, 0.4) is 0 Å². The van der Waals surface area contributed by atoms with E-state index in [1.807, 2.05) is 18.2 Å². The van der Waals surface area contributed by atoms with Gasteiger partial charge in [0.15, 0.2) is 0 Å². The summed E-state index contributed by atoms with van der Waals surface area (Å²) in [5.74, 6) is 1.29. The average molecular weight is 283 g/mol. The smallest absolute Gasteiger partial charge is 0.128 e. The maximum Gasteiger partial charge on any atom is 0.128 e. The molecule has 0 radical (unpaired) electrons. The van der Waals surface area contributed by atoms with E-state index in [2.05, 4.69) is 28.0 Å². The van der Waals surface area contributed by atoms with Crippen molar-refractivity contribution in [1.29, 1.82) is 0 Å². The van der Waals surface area contributed by atoms with E-state index in [4.69, 9.17) is 4.74 Å². The molecule has 1 aromatic carbocycles. The summed E-state index contributed by atoms with van der Waals surface area (Å²) in [7, 11) is 3.87. The summed E-state index contributed by atoms with van der Waals surface area (Å²) in [5, 5.41) is 0. The number of benzene rings is 1. The number of piperidine rings is 1. The van der Waals surface area contributed by atoms with Gasteiger partial charge in [0.05, 0.1) is 18.5 Å². The maximum atomic E-state index is 5.49. The zero-order valence-corrected chi connectivity index (χ0v) is 12.6. The van der Waals surface area contributed by atoms with Crippen molar-refractivity contribution >= 4 is 0 Å². The predicted molar refractivity (Wildman–Crippen MR) is 83.5 cm³/mol. The number of ether oxygens (including phenoxy) is 1. The molecule has 1 saturated heterocycles. The number of aromatic nitrogens is 2. The van der Waals surface area contributed by atoms with E-state index in [0.29, 0.717) is 5.92 Å². The summed E-state index contributed by atoms with van der Waals surface area (Å²) in [6.07, 6.45) is 5.94. The Kier molecular flexibility index (Phi) is 4.15. The van der Waals surface area contributed by atoms with Gasteiger partial charge in [-0.1, -0.05) is 12.1 Å². The van der Waals surface area contributed by atoms with Crippen LogP contribution in [0.5, 0.6) is 5.75 Å². The Bertz CT molecular complexity index is 614. The molecule has 0 amide bonds. The Morgan fingerprint density at radius 3 is 2.81 bits per heavy atom. The van der Waals surface area contributed by atoms with Crippen molar-refractivity contribution < 1.29 is 4.74 Å². The molecule has 1 unspecified atom stereocenters. The third-order valence-electron chi connectivity index (χ3n) is 4.10. The molecular formula is C17H21N3O. The maximum absolute atomic E-state index is 5.49. The topological polar surface area (TPSA) is 38.3 Å². The lowest BCUT2D eigenvalue weighted by atomic mass is 9.91. The molecule has 110 valence electrons. The van der Waals surface area contributed by atoms with Crippen molar-refractivity contribution in [2.75, 3.05) is 27.2 Å². The first kappa shape index (κ1) is 14.0. The molecular weight excluding hydrogens is 262 g/mol. The van der Waals surface area contributed by atoms with Gasteiger partial charge < -0.3 is 9.64 Å². The van der Waals surface area contributed by atoms with E-state index in [1.165, 1.54) is 19.4 Å². The molecule has 0 saturated carbocycles. The molecule has 0 bridgehead atoms. The number of hydrogen-bond donors (Lipinski definition) is 0. The molecule has 4 heteroatoms. The minimum absolute atomic E-state index is 0.442. The zero-order valence-electron chi connectivity index (χ0n) is 12.6. The quantitative estimate of drug-likeness (QED) is 0.868. The van der Waals surface area contributed by atoms with Crippen molar-refractivity contribution in [3.05, 3.63) is 42.4 Å². The molecule has 0 aliphatic carbocycles. The second kappa shape index (κ2) is 6.22. The number of methoxy groups -OCH3 is 1. The summed E-state index contributed by atoms with van der Waals surface area (Å²) < 4.78 is 5.49. The van der Waals surface area contributed by atoms with Crippen LogP contribution in [0.2, 0.25) is 0 Å². The highest BCUT2D eigenvalue weighted by atomic mass is 16.5. The van der Waals surface area contributed by atoms with Gasteiger partial charge in [0.25, 0.3) is 0 Å². The van der Waals surface area contributed by atoms with Crippen molar-refractivity contribution in [2.24, 2.45) is 0 Å². The van der Waals surface area contributed by atoms with Crippen LogP contribution in [0.25, 0.3) is 11.3 Å². The van der Waals surface area contributed by atoms with E-state index in [9.17, 15) is 0 Å². The van der Waals surface area contributed by atoms with Crippen LogP contribution in [0.1, 0.15) is 24.5 Å². The van der Waals surface area contributed by atoms with Gasteiger partial charge in [0.2, 0.25) is 0 Å². The summed E-state index contributed by atoms with van der Waals surface area (Å²) in [5.41, 5.74) is 3.07. The normalized spacial score (nSPS) is 19.4. The molecule has 0 N–H and O–H groups in total. The van der Waals surface area contributed by atoms with E-state index in [1.54, 1.807) is 19.5 Å². The van der Waals surface area contributed by atoms with Crippen molar-refractivity contribution in [1.82, 2.24) is 14.9 Å². The number of rotatable bonds is 3. The molecule has 1 aromatic heterocycles. The number of likely N-dealkylation sites (tertiary alicyclic amines) is 1. The van der Waals surface area contributed by atoms with E-state index in [0.717, 1.165) is 29.2 Å². The highest BCUT2D eigenvalue weighted by Gasteiger charge is 2.24. The summed E-state index contributed by atoms with van der Waals surface area (Å²) in [6, 6.07) is 8.02. The fourth-order valence-electron chi connectivity index (χ4n) is 3.08. The Balaban J connectivity index is 2.03. The van der Waals surface area contributed by atoms with Gasteiger partial charge >= 0.3 is 0 Å². The zero-order chi connectivity index (χ0) is 14.7. The molecule has 4 nitrogen and oxygen atoms in total. The monoisotopic (exact) mass is 283 g/mol. The Morgan fingerprint density at radius 2 is 2.00 bits per heavy atom. The number of para-hydroxylation sites is 1. The third-order valence-corrected chi connectivity index (χ3v) is 4.10. The van der Waals surface area contributed by atoms with Gasteiger partial charge in [-0.25, -0.2) is 0 Å². The molecule has 1 atom stereocenters. The Labute approximate surface area is 125 Å². The number of nitrogens with zero attached hydrogens (tertiary/aromatic N) is 3. The van der Waals surface area contributed by atoms with Gasteiger partial charge in [-0.2, -0.15) is 0 Å². The highest BCUT2D eigenvalue weighted by molar-refractivity contribution is 5.69. The van der Waals surface area contributed by atoms with Crippen molar-refractivity contribution in [2.45, 2.75) is 18.8 Å². The molecule has 0 spiro atoms. The summed E-state index contributed by atoms with van der Waals surface area (Å²) >= 11 is 0. The minimum atomic E-state index is 0.442. The van der Waals surface area contributed by atoms with Crippen LogP contribution >= 0.6 is 0 Å². The first-order valence-corrected chi connectivity index (χ1v) is 7.42. The fraction of sp³-hybridized carbons (Fsp3) is 0.412. The summed E-state index contributed by atoms with van der Waals surface area (Å²) in [6.45, 7) is 2.21. The molecule has 2 aromatic rings. The highest BCUT2D eigenvalue weighted by Crippen LogP contribution is 2.35. The largest absolute Gasteiger partial charge is 0.496 e. The lowest BCUT2D eigenvalue weighted by Crippen LogP contribution is -2.31. The lowest BCUT2D eigenvalue weighted by Gasteiger charge is -2.30. The standard InChI is InChI=1S/C17H21N3O/c1-20-11-5-6-13(12-20)16-17(19-10-9-18-16)14-7-3-4-8-15(14)21-2/h3-4,7-10,13H,5-6,11-12H2,1-2H3. The van der Waals surface area contributed by atoms with Crippen LogP contribution in [0.15, 0.2) is 36.7 Å².